The molecule has 0 amide bonds. The number of aromatic nitrogens is 3. The summed E-state index contributed by atoms with van der Waals surface area (Å²) >= 11 is 1.49. The quantitative estimate of drug-likeness (QED) is 0.153. The molecule has 0 radical (unpaired) electrons. The van der Waals surface area contributed by atoms with Gasteiger partial charge in [-0.25, -0.2) is 9.48 Å². The molecule has 9 nitrogen and oxygen atoms in total. The summed E-state index contributed by atoms with van der Waals surface area (Å²) in [6, 6.07) is 20.0. The lowest BCUT2D eigenvalue weighted by Crippen LogP contribution is -2.29. The van der Waals surface area contributed by atoms with Crippen LogP contribution in [0.4, 0.5) is 11.6 Å². The van der Waals surface area contributed by atoms with Gasteiger partial charge in [-0.3, -0.25) is 10.1 Å². The number of nitrogens with zero attached hydrogens (tertiary/aromatic N) is 4. The van der Waals surface area contributed by atoms with Gasteiger partial charge in [0.05, 0.1) is 17.1 Å². The predicted molar refractivity (Wildman–Crippen MR) is 138 cm³/mol. The SMILES string of the molecule is CCOC(=O)C1=C(C)Nc2nc(SCc3ccc4ccccc4c3)nn2C1c1ccc([N+](=O)[O-])cc1. The molecule has 2 heterocycles. The molecule has 3 aromatic carbocycles. The van der Waals surface area contributed by atoms with Crippen molar-refractivity contribution in [3.63, 3.8) is 0 Å². The molecule has 1 aromatic heterocycles. The van der Waals surface area contributed by atoms with E-state index in [1.54, 1.807) is 30.7 Å². The Morgan fingerprint density at radius 3 is 2.61 bits per heavy atom. The standard InChI is InChI=1S/C26H23N5O4S/c1-3-35-24(32)22-16(2)27-25-28-26(36-15-17-8-9-18-6-4-5-7-20(18)14-17)29-30(25)23(22)19-10-12-21(13-11-19)31(33)34/h4-14,23H,3,15H2,1-2H3,(H,27,28,29). The number of rotatable bonds is 7. The number of ether oxygens (including phenoxy) is 1. The topological polar surface area (TPSA) is 112 Å². The maximum atomic E-state index is 12.9. The average Bonchev–Trinajstić information content (AvgIpc) is 3.29. The number of thioether (sulfide) groups is 1. The Balaban J connectivity index is 1.47. The first-order chi connectivity index (χ1) is 17.4. The molecule has 0 fully saturated rings. The van der Waals surface area contributed by atoms with Gasteiger partial charge in [0.2, 0.25) is 11.1 Å². The van der Waals surface area contributed by atoms with E-state index in [1.165, 1.54) is 34.7 Å². The van der Waals surface area contributed by atoms with Gasteiger partial charge in [-0.2, -0.15) is 4.98 Å². The van der Waals surface area contributed by atoms with Crippen molar-refractivity contribution in [2.45, 2.75) is 30.8 Å². The van der Waals surface area contributed by atoms with Gasteiger partial charge in [-0.1, -0.05) is 54.2 Å². The number of hydrogen-bond acceptors (Lipinski definition) is 8. The number of esters is 1. The number of allylic oxidation sites excluding steroid dienone is 1. The number of nitro groups is 1. The van der Waals surface area contributed by atoms with Gasteiger partial charge in [0.15, 0.2) is 0 Å². The zero-order valence-electron chi connectivity index (χ0n) is 19.7. The van der Waals surface area contributed by atoms with Crippen LogP contribution < -0.4 is 5.32 Å². The van der Waals surface area contributed by atoms with E-state index in [1.807, 2.05) is 12.1 Å². The van der Waals surface area contributed by atoms with Crippen molar-refractivity contribution in [2.24, 2.45) is 0 Å². The highest BCUT2D eigenvalue weighted by Crippen LogP contribution is 2.37. The minimum Gasteiger partial charge on any atom is -0.463 e. The molecule has 182 valence electrons. The number of carbonyl (C=O) groups excluding carboxylic acids is 1. The number of hydrogen-bond donors (Lipinski definition) is 1. The molecule has 36 heavy (non-hydrogen) atoms. The highest BCUT2D eigenvalue weighted by Gasteiger charge is 2.35. The molecule has 0 bridgehead atoms. The van der Waals surface area contributed by atoms with Crippen molar-refractivity contribution in [3.05, 3.63) is 99.2 Å². The van der Waals surface area contributed by atoms with Crippen molar-refractivity contribution in [1.82, 2.24) is 14.8 Å². The Kier molecular flexibility index (Phi) is 6.43. The molecular formula is C26H23N5O4S. The first kappa shape index (κ1) is 23.6. The fourth-order valence-electron chi connectivity index (χ4n) is 4.23. The maximum absolute atomic E-state index is 12.9. The second-order valence-corrected chi connectivity index (χ2v) is 9.21. The normalized spacial score (nSPS) is 14.9. The largest absolute Gasteiger partial charge is 0.463 e. The van der Waals surface area contributed by atoms with Crippen molar-refractivity contribution < 1.29 is 14.5 Å². The minimum atomic E-state index is -0.636. The smallest absolute Gasteiger partial charge is 0.338 e. The second-order valence-electron chi connectivity index (χ2n) is 8.27. The molecule has 0 saturated carbocycles. The van der Waals surface area contributed by atoms with E-state index in [0.29, 0.717) is 33.7 Å². The molecule has 1 atom stereocenters. The molecule has 1 aliphatic heterocycles. The van der Waals surface area contributed by atoms with E-state index in [4.69, 9.17) is 9.84 Å². The summed E-state index contributed by atoms with van der Waals surface area (Å²) in [6.07, 6.45) is 0. The zero-order valence-corrected chi connectivity index (χ0v) is 20.5. The Morgan fingerprint density at radius 2 is 1.89 bits per heavy atom. The van der Waals surface area contributed by atoms with E-state index >= 15 is 0 Å². The van der Waals surface area contributed by atoms with E-state index in [9.17, 15) is 14.9 Å². The van der Waals surface area contributed by atoms with Gasteiger partial charge in [0.1, 0.15) is 6.04 Å². The summed E-state index contributed by atoms with van der Waals surface area (Å²) in [5, 5.41) is 21.9. The lowest BCUT2D eigenvalue weighted by atomic mass is 9.95. The van der Waals surface area contributed by atoms with Gasteiger partial charge in [0.25, 0.3) is 5.69 Å². The van der Waals surface area contributed by atoms with Crippen LogP contribution in [-0.2, 0) is 15.3 Å². The summed E-state index contributed by atoms with van der Waals surface area (Å²) in [4.78, 5) is 28.2. The molecule has 10 heteroatoms. The lowest BCUT2D eigenvalue weighted by molar-refractivity contribution is -0.384. The number of anilines is 1. The summed E-state index contributed by atoms with van der Waals surface area (Å²) in [5.74, 6) is 0.690. The number of benzene rings is 3. The molecular weight excluding hydrogens is 478 g/mol. The summed E-state index contributed by atoms with van der Waals surface area (Å²) in [7, 11) is 0. The summed E-state index contributed by atoms with van der Waals surface area (Å²) < 4.78 is 6.96. The molecule has 0 spiro atoms. The highest BCUT2D eigenvalue weighted by atomic mass is 32.2. The first-order valence-corrected chi connectivity index (χ1v) is 12.4. The number of nitrogens with one attached hydrogen (secondary N) is 1. The van der Waals surface area contributed by atoms with Crippen LogP contribution >= 0.6 is 11.8 Å². The minimum absolute atomic E-state index is 0.0310. The Bertz CT molecular complexity index is 1500. The Morgan fingerprint density at radius 1 is 1.14 bits per heavy atom. The molecule has 1 aliphatic rings. The molecule has 0 aliphatic carbocycles. The fourth-order valence-corrected chi connectivity index (χ4v) is 5.00. The van der Waals surface area contributed by atoms with Crippen molar-refractivity contribution in [1.29, 1.82) is 0 Å². The third-order valence-electron chi connectivity index (χ3n) is 5.93. The van der Waals surface area contributed by atoms with Crippen LogP contribution in [0.2, 0.25) is 0 Å². The van der Waals surface area contributed by atoms with Crippen LogP contribution in [0.15, 0.2) is 83.2 Å². The average molecular weight is 502 g/mol. The Labute approximate surface area is 211 Å². The number of carbonyl (C=O) groups is 1. The van der Waals surface area contributed by atoms with E-state index in [-0.39, 0.29) is 12.3 Å². The monoisotopic (exact) mass is 501 g/mol. The van der Waals surface area contributed by atoms with Crippen molar-refractivity contribution in [3.8, 4) is 0 Å². The molecule has 1 N–H and O–H groups in total. The molecule has 5 rings (SSSR count). The van der Waals surface area contributed by atoms with Crippen LogP contribution in [0.1, 0.15) is 31.0 Å². The second kappa shape index (κ2) is 9.82. The van der Waals surface area contributed by atoms with Crippen LogP contribution in [0.25, 0.3) is 10.8 Å². The third kappa shape index (κ3) is 4.55. The van der Waals surface area contributed by atoms with Crippen molar-refractivity contribution in [2.75, 3.05) is 11.9 Å². The molecule has 4 aromatic rings. The fraction of sp³-hybridized carbons (Fsp3) is 0.192. The van der Waals surface area contributed by atoms with Gasteiger partial charge < -0.3 is 10.1 Å². The first-order valence-electron chi connectivity index (χ1n) is 11.4. The van der Waals surface area contributed by atoms with E-state index in [2.05, 4.69) is 40.6 Å². The van der Waals surface area contributed by atoms with Gasteiger partial charge >= 0.3 is 5.97 Å². The van der Waals surface area contributed by atoms with Crippen LogP contribution in [0.5, 0.6) is 0 Å². The van der Waals surface area contributed by atoms with Crippen LogP contribution in [-0.4, -0.2) is 32.3 Å². The van der Waals surface area contributed by atoms with Gasteiger partial charge in [0, 0.05) is 23.6 Å². The predicted octanol–water partition coefficient (Wildman–Crippen LogP) is 5.48. The van der Waals surface area contributed by atoms with Crippen molar-refractivity contribution >= 4 is 40.1 Å². The van der Waals surface area contributed by atoms with Crippen LogP contribution in [0.3, 0.4) is 0 Å². The van der Waals surface area contributed by atoms with Gasteiger partial charge in [-0.05, 0) is 47.9 Å². The molecule has 1 unspecified atom stereocenters. The number of non-ortho nitro benzene ring substituents is 1. The van der Waals surface area contributed by atoms with E-state index in [0.717, 1.165) is 5.56 Å². The lowest BCUT2D eigenvalue weighted by Gasteiger charge is -2.28. The third-order valence-corrected chi connectivity index (χ3v) is 6.84. The Hall–Kier alpha value is -4.18. The zero-order chi connectivity index (χ0) is 25.2. The van der Waals surface area contributed by atoms with Crippen LogP contribution in [0, 0.1) is 10.1 Å². The van der Waals surface area contributed by atoms with Gasteiger partial charge in [-0.15, -0.1) is 5.10 Å². The number of nitro benzene ring substituents is 1. The summed E-state index contributed by atoms with van der Waals surface area (Å²) in [6.45, 7) is 3.75. The highest BCUT2D eigenvalue weighted by molar-refractivity contribution is 7.98. The summed E-state index contributed by atoms with van der Waals surface area (Å²) in [5.41, 5.74) is 2.77. The maximum Gasteiger partial charge on any atom is 0.338 e. The number of fused-ring (bicyclic) bond motifs is 2. The van der Waals surface area contributed by atoms with E-state index < -0.39 is 16.9 Å². The molecule has 0 saturated heterocycles.